The molecule has 1 N–H and O–H groups in total. The van der Waals surface area contributed by atoms with Gasteiger partial charge in [-0.15, -0.1) is 0 Å². The molecule has 0 aromatic heterocycles. The van der Waals surface area contributed by atoms with Crippen molar-refractivity contribution >= 4 is 5.69 Å². The van der Waals surface area contributed by atoms with Gasteiger partial charge in [-0.3, -0.25) is 0 Å². The Morgan fingerprint density at radius 3 is 2.36 bits per heavy atom. The molecule has 0 spiro atoms. The van der Waals surface area contributed by atoms with Gasteiger partial charge < -0.3 is 10.2 Å². The highest BCUT2D eigenvalue weighted by molar-refractivity contribution is 5.42. The molecule has 0 aliphatic carbocycles. The number of nitrogens with one attached hydrogen (secondary N) is 1. The van der Waals surface area contributed by atoms with Crippen molar-refractivity contribution in [2.75, 3.05) is 26.0 Å². The van der Waals surface area contributed by atoms with Crippen LogP contribution in [0.2, 0.25) is 0 Å². The van der Waals surface area contributed by atoms with Gasteiger partial charge in [0.2, 0.25) is 0 Å². The second-order valence-corrected chi connectivity index (χ2v) is 3.77. The number of benzene rings is 1. The first-order valence-electron chi connectivity index (χ1n) is 5.19. The summed E-state index contributed by atoms with van der Waals surface area (Å²) in [6.45, 7) is 3.23. The van der Waals surface area contributed by atoms with E-state index in [0.717, 1.165) is 6.54 Å². The fourth-order valence-corrected chi connectivity index (χ4v) is 1.48. The molecule has 1 unspecified atom stereocenters. The Morgan fingerprint density at radius 2 is 1.86 bits per heavy atom. The molecule has 1 rings (SSSR count). The van der Waals surface area contributed by atoms with Crippen LogP contribution in [0.4, 0.5) is 5.69 Å². The Labute approximate surface area is 86.9 Å². The summed E-state index contributed by atoms with van der Waals surface area (Å²) in [5, 5.41) is 3.44. The van der Waals surface area contributed by atoms with Gasteiger partial charge >= 0.3 is 0 Å². The third-order valence-corrected chi connectivity index (χ3v) is 2.52. The van der Waals surface area contributed by atoms with Gasteiger partial charge in [0.05, 0.1) is 0 Å². The van der Waals surface area contributed by atoms with Crippen molar-refractivity contribution in [2.24, 2.45) is 0 Å². The maximum Gasteiger partial charge on any atom is 0.0340 e. The molecule has 2 nitrogen and oxygen atoms in total. The summed E-state index contributed by atoms with van der Waals surface area (Å²) in [5.74, 6) is 0. The molecule has 0 bridgehead atoms. The summed E-state index contributed by atoms with van der Waals surface area (Å²) in [6.07, 6.45) is 1.17. The normalized spacial score (nSPS) is 12.9. The van der Waals surface area contributed by atoms with Crippen molar-refractivity contribution in [2.45, 2.75) is 19.4 Å². The first-order chi connectivity index (χ1) is 6.74. The van der Waals surface area contributed by atoms with Crippen LogP contribution in [0.15, 0.2) is 30.3 Å². The molecule has 1 aromatic carbocycles. The summed E-state index contributed by atoms with van der Waals surface area (Å²) < 4.78 is 0. The van der Waals surface area contributed by atoms with Crippen LogP contribution < -0.4 is 5.32 Å². The van der Waals surface area contributed by atoms with Crippen LogP contribution in [0.5, 0.6) is 0 Å². The third kappa shape index (κ3) is 3.38. The van der Waals surface area contributed by atoms with Gasteiger partial charge in [-0.1, -0.05) is 25.1 Å². The van der Waals surface area contributed by atoms with Crippen molar-refractivity contribution in [3.8, 4) is 0 Å². The molecule has 1 aromatic rings. The lowest BCUT2D eigenvalue weighted by atomic mass is 10.2. The molecule has 0 amide bonds. The molecule has 0 saturated carbocycles. The predicted molar refractivity (Wildman–Crippen MR) is 62.7 cm³/mol. The first-order valence-corrected chi connectivity index (χ1v) is 5.19. The Bertz CT molecular complexity index is 244. The number of nitrogens with zero attached hydrogens (tertiary/aromatic N) is 1. The van der Waals surface area contributed by atoms with Gasteiger partial charge in [0, 0.05) is 18.3 Å². The fraction of sp³-hybridized carbons (Fsp3) is 0.500. The van der Waals surface area contributed by atoms with Crippen LogP contribution in [0.3, 0.4) is 0 Å². The Kier molecular flexibility index (Phi) is 4.47. The SMILES string of the molecule is CCC(CNc1ccccc1)N(C)C. The Hall–Kier alpha value is -1.02. The highest BCUT2D eigenvalue weighted by atomic mass is 15.1. The predicted octanol–water partition coefficient (Wildman–Crippen LogP) is 2.44. The van der Waals surface area contributed by atoms with Crippen LogP contribution >= 0.6 is 0 Å². The minimum Gasteiger partial charge on any atom is -0.383 e. The van der Waals surface area contributed by atoms with E-state index in [1.807, 2.05) is 6.07 Å². The molecule has 14 heavy (non-hydrogen) atoms. The highest BCUT2D eigenvalue weighted by Gasteiger charge is 2.07. The molecule has 0 radical (unpaired) electrons. The molecule has 2 heteroatoms. The maximum absolute atomic E-state index is 3.44. The fourth-order valence-electron chi connectivity index (χ4n) is 1.48. The highest BCUT2D eigenvalue weighted by Crippen LogP contribution is 2.06. The van der Waals surface area contributed by atoms with E-state index < -0.39 is 0 Å². The monoisotopic (exact) mass is 192 g/mol. The van der Waals surface area contributed by atoms with Crippen LogP contribution in [-0.2, 0) is 0 Å². The van der Waals surface area contributed by atoms with Crippen LogP contribution in [-0.4, -0.2) is 31.6 Å². The zero-order valence-corrected chi connectivity index (χ0v) is 9.33. The van der Waals surface area contributed by atoms with Crippen molar-refractivity contribution in [1.29, 1.82) is 0 Å². The lowest BCUT2D eigenvalue weighted by Gasteiger charge is -2.23. The zero-order chi connectivity index (χ0) is 10.4. The maximum atomic E-state index is 3.44. The lowest BCUT2D eigenvalue weighted by molar-refractivity contribution is 0.298. The van der Waals surface area contributed by atoms with Gasteiger partial charge in [0.25, 0.3) is 0 Å². The molecule has 0 heterocycles. The third-order valence-electron chi connectivity index (χ3n) is 2.52. The second kappa shape index (κ2) is 5.66. The van der Waals surface area contributed by atoms with E-state index in [2.05, 4.69) is 55.5 Å². The summed E-state index contributed by atoms with van der Waals surface area (Å²) >= 11 is 0. The van der Waals surface area contributed by atoms with E-state index in [1.54, 1.807) is 0 Å². The molecule has 0 fully saturated rings. The number of para-hydroxylation sites is 1. The van der Waals surface area contributed by atoms with Crippen molar-refractivity contribution in [3.63, 3.8) is 0 Å². The zero-order valence-electron chi connectivity index (χ0n) is 9.33. The minimum atomic E-state index is 0.607. The summed E-state index contributed by atoms with van der Waals surface area (Å²) in [7, 11) is 4.25. The summed E-state index contributed by atoms with van der Waals surface area (Å²) in [4.78, 5) is 2.26. The van der Waals surface area contributed by atoms with E-state index in [0.29, 0.717) is 6.04 Å². The number of likely N-dealkylation sites (N-methyl/N-ethyl adjacent to an activating group) is 1. The molecule has 0 saturated heterocycles. The van der Waals surface area contributed by atoms with Crippen LogP contribution in [0.1, 0.15) is 13.3 Å². The number of rotatable bonds is 5. The molecule has 0 aliphatic heterocycles. The van der Waals surface area contributed by atoms with E-state index >= 15 is 0 Å². The second-order valence-electron chi connectivity index (χ2n) is 3.77. The van der Waals surface area contributed by atoms with E-state index in [4.69, 9.17) is 0 Å². The topological polar surface area (TPSA) is 15.3 Å². The summed E-state index contributed by atoms with van der Waals surface area (Å²) in [5.41, 5.74) is 1.20. The van der Waals surface area contributed by atoms with Crippen LogP contribution in [0, 0.1) is 0 Å². The van der Waals surface area contributed by atoms with Gasteiger partial charge in [0.1, 0.15) is 0 Å². The molecular formula is C12H20N2. The minimum absolute atomic E-state index is 0.607. The quantitative estimate of drug-likeness (QED) is 0.771. The van der Waals surface area contributed by atoms with E-state index in [1.165, 1.54) is 12.1 Å². The first kappa shape index (κ1) is 11.1. The van der Waals surface area contributed by atoms with Gasteiger partial charge in [-0.05, 0) is 32.6 Å². The Balaban J connectivity index is 2.40. The van der Waals surface area contributed by atoms with Gasteiger partial charge in [-0.25, -0.2) is 0 Å². The standard InChI is InChI=1S/C12H20N2/c1-4-12(14(2)3)10-13-11-8-6-5-7-9-11/h5-9,12-13H,4,10H2,1-3H3. The molecule has 1 atom stereocenters. The largest absolute Gasteiger partial charge is 0.383 e. The van der Waals surface area contributed by atoms with E-state index in [-0.39, 0.29) is 0 Å². The number of hydrogen-bond donors (Lipinski definition) is 1. The number of anilines is 1. The van der Waals surface area contributed by atoms with Crippen LogP contribution in [0.25, 0.3) is 0 Å². The molecule has 78 valence electrons. The van der Waals surface area contributed by atoms with Gasteiger partial charge in [-0.2, -0.15) is 0 Å². The van der Waals surface area contributed by atoms with Crippen molar-refractivity contribution < 1.29 is 0 Å². The van der Waals surface area contributed by atoms with Crippen molar-refractivity contribution in [1.82, 2.24) is 4.90 Å². The van der Waals surface area contributed by atoms with E-state index in [9.17, 15) is 0 Å². The average molecular weight is 192 g/mol. The van der Waals surface area contributed by atoms with Crippen molar-refractivity contribution in [3.05, 3.63) is 30.3 Å². The van der Waals surface area contributed by atoms with Gasteiger partial charge in [0.15, 0.2) is 0 Å². The lowest BCUT2D eigenvalue weighted by Crippen LogP contribution is -2.33. The molecule has 0 aliphatic rings. The smallest absolute Gasteiger partial charge is 0.0340 e. The average Bonchev–Trinajstić information content (AvgIpc) is 2.20. The summed E-state index contributed by atoms with van der Waals surface area (Å²) in [6, 6.07) is 11.0. The number of hydrogen-bond acceptors (Lipinski definition) is 2. The Morgan fingerprint density at radius 1 is 1.21 bits per heavy atom. The molecular weight excluding hydrogens is 172 g/mol.